The number of rotatable bonds is 4. The van der Waals surface area contributed by atoms with Crippen molar-refractivity contribution in [1.29, 1.82) is 0 Å². The molecule has 1 amide bonds. The molecule has 1 aromatic heterocycles. The number of nitrogens with one attached hydrogen (secondary N) is 1. The molecule has 0 radical (unpaired) electrons. The molecule has 0 spiro atoms. The molecule has 3 N–H and O–H groups in total. The van der Waals surface area contributed by atoms with Gasteiger partial charge in [-0.1, -0.05) is 19.1 Å². The Balaban J connectivity index is 2.75. The summed E-state index contributed by atoms with van der Waals surface area (Å²) in [7, 11) is 0. The molecule has 16 heavy (non-hydrogen) atoms. The van der Waals surface area contributed by atoms with Crippen molar-refractivity contribution in [3.05, 3.63) is 21.4 Å². The highest BCUT2D eigenvalue weighted by molar-refractivity contribution is 7.80. The van der Waals surface area contributed by atoms with Gasteiger partial charge in [-0.25, -0.2) is 0 Å². The van der Waals surface area contributed by atoms with Crippen molar-refractivity contribution in [1.82, 2.24) is 5.32 Å². The third-order valence-electron chi connectivity index (χ3n) is 2.45. The van der Waals surface area contributed by atoms with Crippen molar-refractivity contribution in [3.8, 4) is 0 Å². The van der Waals surface area contributed by atoms with Crippen LogP contribution in [0.2, 0.25) is 0 Å². The van der Waals surface area contributed by atoms with Gasteiger partial charge in [0.15, 0.2) is 0 Å². The number of hydrogen-bond donors (Lipinski definition) is 2. The maximum atomic E-state index is 11.9. The highest BCUT2D eigenvalue weighted by Gasteiger charge is 2.16. The first-order valence-corrected chi connectivity index (χ1v) is 6.35. The first-order chi connectivity index (χ1) is 7.45. The van der Waals surface area contributed by atoms with Crippen LogP contribution in [0.1, 0.15) is 33.5 Å². The zero-order valence-corrected chi connectivity index (χ0v) is 11.3. The molecule has 0 aliphatic carbocycles. The molecule has 0 bridgehead atoms. The summed E-state index contributed by atoms with van der Waals surface area (Å²) in [5, 5.41) is 2.83. The van der Waals surface area contributed by atoms with E-state index >= 15 is 0 Å². The zero-order chi connectivity index (χ0) is 12.3. The quantitative estimate of drug-likeness (QED) is 0.812. The number of carbonyl (C=O) groups excluding carboxylic acids is 1. The maximum absolute atomic E-state index is 11.9. The van der Waals surface area contributed by atoms with Gasteiger partial charge in [0.25, 0.3) is 5.91 Å². The predicted molar refractivity (Wildman–Crippen MR) is 72.1 cm³/mol. The van der Waals surface area contributed by atoms with E-state index in [4.69, 9.17) is 18.0 Å². The Hall–Kier alpha value is -0.940. The van der Waals surface area contributed by atoms with Crippen LogP contribution in [0.3, 0.4) is 0 Å². The fourth-order valence-electron chi connectivity index (χ4n) is 1.29. The number of amides is 1. The third-order valence-corrected chi connectivity index (χ3v) is 3.88. The number of aryl methyl sites for hydroxylation is 2. The minimum atomic E-state index is -0.217. The highest BCUT2D eigenvalue weighted by atomic mass is 32.1. The molecule has 0 aromatic carbocycles. The summed E-state index contributed by atoms with van der Waals surface area (Å²) in [5.74, 6) is -0.0964. The Bertz CT molecular complexity index is 393. The van der Waals surface area contributed by atoms with E-state index < -0.39 is 0 Å². The molecule has 0 aliphatic rings. The largest absolute Gasteiger partial charge is 0.392 e. The van der Waals surface area contributed by atoms with Gasteiger partial charge < -0.3 is 11.1 Å². The van der Waals surface area contributed by atoms with E-state index in [2.05, 4.69) is 5.32 Å². The van der Waals surface area contributed by atoms with E-state index in [-0.39, 0.29) is 11.9 Å². The van der Waals surface area contributed by atoms with Gasteiger partial charge in [0.05, 0.1) is 15.9 Å². The lowest BCUT2D eigenvalue weighted by Crippen LogP contribution is -2.42. The van der Waals surface area contributed by atoms with Crippen LogP contribution in [0, 0.1) is 13.8 Å². The number of carbonyl (C=O) groups is 1. The molecule has 3 nitrogen and oxygen atoms in total. The van der Waals surface area contributed by atoms with Crippen LogP contribution in [0.25, 0.3) is 0 Å². The Kier molecular flexibility index (Phi) is 4.44. The molecule has 1 heterocycles. The van der Waals surface area contributed by atoms with Crippen LogP contribution in [-0.2, 0) is 0 Å². The van der Waals surface area contributed by atoms with E-state index in [0.29, 0.717) is 16.3 Å². The fraction of sp³-hybridized carbons (Fsp3) is 0.455. The molecular formula is C11H16N2OS2. The van der Waals surface area contributed by atoms with E-state index in [1.54, 1.807) is 0 Å². The smallest absolute Gasteiger partial charge is 0.261 e. The second-order valence-electron chi connectivity index (χ2n) is 3.69. The molecule has 1 atom stereocenters. The number of thiophene rings is 1. The lowest BCUT2D eigenvalue weighted by molar-refractivity contribution is 0.0950. The van der Waals surface area contributed by atoms with Gasteiger partial charge in [-0.2, -0.15) is 0 Å². The second kappa shape index (κ2) is 5.41. The zero-order valence-electron chi connectivity index (χ0n) is 9.66. The Morgan fingerprint density at radius 1 is 1.62 bits per heavy atom. The van der Waals surface area contributed by atoms with E-state index in [1.165, 1.54) is 11.3 Å². The molecular weight excluding hydrogens is 240 g/mol. The minimum absolute atomic E-state index is 0.0964. The highest BCUT2D eigenvalue weighted by Crippen LogP contribution is 2.20. The van der Waals surface area contributed by atoms with Crippen molar-refractivity contribution in [2.75, 3.05) is 0 Å². The van der Waals surface area contributed by atoms with E-state index in [1.807, 2.05) is 26.8 Å². The first-order valence-electron chi connectivity index (χ1n) is 5.13. The van der Waals surface area contributed by atoms with Crippen molar-refractivity contribution < 1.29 is 4.79 Å². The second-order valence-corrected chi connectivity index (χ2v) is 5.41. The lowest BCUT2D eigenvalue weighted by atomic mass is 10.2. The van der Waals surface area contributed by atoms with Crippen LogP contribution >= 0.6 is 23.6 Å². The van der Waals surface area contributed by atoms with Gasteiger partial charge in [-0.15, -0.1) is 11.3 Å². The van der Waals surface area contributed by atoms with Gasteiger partial charge in [-0.3, -0.25) is 4.79 Å². The predicted octanol–water partition coefficient (Wildman–Crippen LogP) is 2.16. The van der Waals surface area contributed by atoms with Gasteiger partial charge in [0, 0.05) is 4.88 Å². The fourth-order valence-corrected chi connectivity index (χ4v) is 2.45. The van der Waals surface area contributed by atoms with Crippen LogP contribution in [0.5, 0.6) is 0 Å². The molecule has 88 valence electrons. The molecule has 1 rings (SSSR count). The van der Waals surface area contributed by atoms with Gasteiger partial charge in [0.2, 0.25) is 0 Å². The van der Waals surface area contributed by atoms with Crippen LogP contribution in [0.15, 0.2) is 6.07 Å². The van der Waals surface area contributed by atoms with Crippen molar-refractivity contribution in [2.24, 2.45) is 5.73 Å². The van der Waals surface area contributed by atoms with Gasteiger partial charge in [0.1, 0.15) is 0 Å². The van der Waals surface area contributed by atoms with Crippen LogP contribution < -0.4 is 11.1 Å². The van der Waals surface area contributed by atoms with Crippen LogP contribution in [-0.4, -0.2) is 16.9 Å². The normalized spacial score (nSPS) is 12.2. The van der Waals surface area contributed by atoms with Gasteiger partial charge in [-0.05, 0) is 31.9 Å². The van der Waals surface area contributed by atoms with Crippen LogP contribution in [0.4, 0.5) is 0 Å². The Labute approximate surface area is 105 Å². The molecule has 0 saturated carbocycles. The van der Waals surface area contributed by atoms with Crippen molar-refractivity contribution in [3.63, 3.8) is 0 Å². The molecule has 1 aromatic rings. The van der Waals surface area contributed by atoms with E-state index in [9.17, 15) is 4.79 Å². The molecule has 0 fully saturated rings. The molecule has 5 heteroatoms. The minimum Gasteiger partial charge on any atom is -0.392 e. The summed E-state index contributed by atoms with van der Waals surface area (Å²) in [5.41, 5.74) is 6.67. The molecule has 0 saturated heterocycles. The summed E-state index contributed by atoms with van der Waals surface area (Å²) >= 11 is 6.37. The summed E-state index contributed by atoms with van der Waals surface area (Å²) in [6, 6.07) is 1.67. The van der Waals surface area contributed by atoms with Crippen molar-refractivity contribution >= 4 is 34.5 Å². The summed E-state index contributed by atoms with van der Waals surface area (Å²) in [6.07, 6.45) is 0.713. The average molecular weight is 256 g/mol. The summed E-state index contributed by atoms with van der Waals surface area (Å²) in [6.45, 7) is 5.93. The monoisotopic (exact) mass is 256 g/mol. The SMILES string of the molecule is CCC(NC(=O)c1cc(C)c(C)s1)C(N)=S. The maximum Gasteiger partial charge on any atom is 0.261 e. The standard InChI is InChI=1S/C11H16N2OS2/c1-4-8(10(12)15)13-11(14)9-5-6(2)7(3)16-9/h5,8H,4H2,1-3H3,(H2,12,15)(H,13,14). The summed E-state index contributed by atoms with van der Waals surface area (Å²) in [4.78, 5) is 14.1. The van der Waals surface area contributed by atoms with Gasteiger partial charge >= 0.3 is 0 Å². The van der Waals surface area contributed by atoms with E-state index in [0.717, 1.165) is 10.4 Å². The Morgan fingerprint density at radius 2 is 2.25 bits per heavy atom. The number of nitrogens with two attached hydrogens (primary N) is 1. The molecule has 0 aliphatic heterocycles. The first kappa shape index (κ1) is 13.1. The average Bonchev–Trinajstić information content (AvgIpc) is 2.55. The molecule has 1 unspecified atom stereocenters. The number of thiocarbonyl (C=S) groups is 1. The van der Waals surface area contributed by atoms with Crippen molar-refractivity contribution in [2.45, 2.75) is 33.2 Å². The lowest BCUT2D eigenvalue weighted by Gasteiger charge is -2.14. The number of hydrogen-bond acceptors (Lipinski definition) is 3. The third kappa shape index (κ3) is 3.02. The summed E-state index contributed by atoms with van der Waals surface area (Å²) < 4.78 is 0. The Morgan fingerprint density at radius 3 is 2.62 bits per heavy atom. The topological polar surface area (TPSA) is 55.1 Å².